The number of urea groups is 1. The number of likely N-dealkylation sites (tertiary alicyclic amines) is 2. The van der Waals surface area contributed by atoms with E-state index in [0.717, 1.165) is 18.7 Å². The molecule has 0 bridgehead atoms. The zero-order valence-electron chi connectivity index (χ0n) is 13.3. The third-order valence-corrected chi connectivity index (χ3v) is 4.19. The van der Waals surface area contributed by atoms with Gasteiger partial charge in [-0.2, -0.15) is 0 Å². The van der Waals surface area contributed by atoms with Crippen molar-refractivity contribution in [1.82, 2.24) is 30.1 Å². The van der Waals surface area contributed by atoms with Gasteiger partial charge >= 0.3 is 6.03 Å². The maximum absolute atomic E-state index is 11.8. The SMILES string of the molecule is COCCNC(=O)N1CC(n2cc(CN3CCCC3=O)nn2)C1. The van der Waals surface area contributed by atoms with E-state index in [2.05, 4.69) is 15.6 Å². The van der Waals surface area contributed by atoms with E-state index in [1.807, 2.05) is 11.1 Å². The number of carbonyl (C=O) groups excluding carboxylic acids is 2. The summed E-state index contributed by atoms with van der Waals surface area (Å²) in [5, 5.41) is 11.0. The summed E-state index contributed by atoms with van der Waals surface area (Å²) in [4.78, 5) is 27.0. The Morgan fingerprint density at radius 3 is 3.00 bits per heavy atom. The van der Waals surface area contributed by atoms with Crippen molar-refractivity contribution in [2.24, 2.45) is 0 Å². The summed E-state index contributed by atoms with van der Waals surface area (Å²) in [5.74, 6) is 0.182. The molecule has 3 rings (SSSR count). The van der Waals surface area contributed by atoms with Gasteiger partial charge in [0.05, 0.1) is 25.4 Å². The lowest BCUT2D eigenvalue weighted by Gasteiger charge is -2.38. The van der Waals surface area contributed by atoms with Crippen LogP contribution in [-0.4, -0.2) is 76.6 Å². The molecular weight excluding hydrogens is 300 g/mol. The minimum atomic E-state index is -0.0821. The molecule has 9 heteroatoms. The Bertz CT molecular complexity index is 569. The highest BCUT2D eigenvalue weighted by Gasteiger charge is 2.33. The molecule has 1 aromatic rings. The molecule has 2 saturated heterocycles. The summed E-state index contributed by atoms with van der Waals surface area (Å²) in [5.41, 5.74) is 0.795. The Kier molecular flexibility index (Phi) is 4.75. The highest BCUT2D eigenvalue weighted by molar-refractivity contribution is 5.78. The zero-order valence-corrected chi connectivity index (χ0v) is 13.3. The molecule has 3 amide bonds. The van der Waals surface area contributed by atoms with Gasteiger partial charge in [-0.05, 0) is 6.42 Å². The first-order chi connectivity index (χ1) is 11.2. The Balaban J connectivity index is 1.45. The van der Waals surface area contributed by atoms with Gasteiger partial charge in [0.2, 0.25) is 5.91 Å². The molecule has 0 radical (unpaired) electrons. The number of ether oxygens (including phenoxy) is 1. The van der Waals surface area contributed by atoms with E-state index in [-0.39, 0.29) is 18.0 Å². The van der Waals surface area contributed by atoms with Crippen molar-refractivity contribution in [1.29, 1.82) is 0 Å². The van der Waals surface area contributed by atoms with Crippen LogP contribution in [0.5, 0.6) is 0 Å². The molecule has 0 saturated carbocycles. The Morgan fingerprint density at radius 2 is 2.30 bits per heavy atom. The second kappa shape index (κ2) is 6.95. The van der Waals surface area contributed by atoms with Gasteiger partial charge in [-0.25, -0.2) is 9.48 Å². The summed E-state index contributed by atoms with van der Waals surface area (Å²) in [6.07, 6.45) is 3.42. The molecular formula is C14H22N6O3. The number of nitrogens with zero attached hydrogens (tertiary/aromatic N) is 5. The van der Waals surface area contributed by atoms with Crippen LogP contribution in [0.15, 0.2) is 6.20 Å². The molecule has 0 unspecified atom stereocenters. The zero-order chi connectivity index (χ0) is 16.2. The lowest BCUT2D eigenvalue weighted by Crippen LogP contribution is -2.54. The molecule has 23 heavy (non-hydrogen) atoms. The number of amides is 3. The van der Waals surface area contributed by atoms with Gasteiger partial charge in [-0.3, -0.25) is 4.79 Å². The van der Waals surface area contributed by atoms with Gasteiger partial charge in [0.15, 0.2) is 0 Å². The highest BCUT2D eigenvalue weighted by Crippen LogP contribution is 2.21. The number of methoxy groups -OCH3 is 1. The van der Waals surface area contributed by atoms with Crippen molar-refractivity contribution in [3.05, 3.63) is 11.9 Å². The molecule has 2 fully saturated rings. The first-order valence-corrected chi connectivity index (χ1v) is 7.87. The molecule has 2 aliphatic rings. The number of hydrogen-bond acceptors (Lipinski definition) is 5. The van der Waals surface area contributed by atoms with Gasteiger partial charge in [-0.15, -0.1) is 5.10 Å². The lowest BCUT2D eigenvalue weighted by molar-refractivity contribution is -0.128. The highest BCUT2D eigenvalue weighted by atomic mass is 16.5. The first-order valence-electron chi connectivity index (χ1n) is 7.87. The van der Waals surface area contributed by atoms with E-state index in [1.54, 1.807) is 16.7 Å². The van der Waals surface area contributed by atoms with Crippen molar-refractivity contribution in [3.63, 3.8) is 0 Å². The van der Waals surface area contributed by atoms with Gasteiger partial charge in [0, 0.05) is 39.7 Å². The van der Waals surface area contributed by atoms with Crippen molar-refractivity contribution in [2.45, 2.75) is 25.4 Å². The third-order valence-electron chi connectivity index (χ3n) is 4.19. The van der Waals surface area contributed by atoms with E-state index >= 15 is 0 Å². The first kappa shape index (κ1) is 15.7. The van der Waals surface area contributed by atoms with E-state index in [1.165, 1.54) is 0 Å². The van der Waals surface area contributed by atoms with Crippen LogP contribution in [-0.2, 0) is 16.1 Å². The van der Waals surface area contributed by atoms with Gasteiger partial charge in [0.25, 0.3) is 0 Å². The summed E-state index contributed by atoms with van der Waals surface area (Å²) in [6, 6.07) is 0.0695. The molecule has 0 spiro atoms. The fourth-order valence-electron chi connectivity index (χ4n) is 2.79. The molecule has 1 aromatic heterocycles. The van der Waals surface area contributed by atoms with Crippen LogP contribution in [0.25, 0.3) is 0 Å². The molecule has 3 heterocycles. The van der Waals surface area contributed by atoms with Crippen molar-refractivity contribution < 1.29 is 14.3 Å². The van der Waals surface area contributed by atoms with Gasteiger partial charge < -0.3 is 19.9 Å². The molecule has 1 N–H and O–H groups in total. The fourth-order valence-corrected chi connectivity index (χ4v) is 2.79. The molecule has 2 aliphatic heterocycles. The number of carbonyl (C=O) groups is 2. The van der Waals surface area contributed by atoms with Crippen LogP contribution in [0.4, 0.5) is 4.79 Å². The standard InChI is InChI=1S/C14H22N6O3/c1-23-6-4-15-14(22)19-9-12(10-19)20-8-11(16-17-20)7-18-5-2-3-13(18)21/h8,12H,2-7,9-10H2,1H3,(H,15,22). The maximum atomic E-state index is 11.8. The summed E-state index contributed by atoms with van der Waals surface area (Å²) < 4.78 is 6.68. The number of aromatic nitrogens is 3. The average molecular weight is 322 g/mol. The lowest BCUT2D eigenvalue weighted by atomic mass is 10.1. The van der Waals surface area contributed by atoms with Crippen LogP contribution < -0.4 is 5.32 Å². The summed E-state index contributed by atoms with van der Waals surface area (Å²) in [7, 11) is 1.60. The van der Waals surface area contributed by atoms with Gasteiger partial charge in [-0.1, -0.05) is 5.21 Å². The monoisotopic (exact) mass is 322 g/mol. The maximum Gasteiger partial charge on any atom is 0.317 e. The fraction of sp³-hybridized carbons (Fsp3) is 0.714. The minimum Gasteiger partial charge on any atom is -0.383 e. The largest absolute Gasteiger partial charge is 0.383 e. The minimum absolute atomic E-state index is 0.0821. The second-order valence-electron chi connectivity index (χ2n) is 5.89. The molecule has 126 valence electrons. The van der Waals surface area contributed by atoms with Crippen molar-refractivity contribution in [2.75, 3.05) is 39.9 Å². The predicted molar refractivity (Wildman–Crippen MR) is 80.6 cm³/mol. The number of nitrogens with one attached hydrogen (secondary N) is 1. The second-order valence-corrected chi connectivity index (χ2v) is 5.89. The van der Waals surface area contributed by atoms with Crippen molar-refractivity contribution >= 4 is 11.9 Å². The number of hydrogen-bond donors (Lipinski definition) is 1. The third kappa shape index (κ3) is 3.61. The summed E-state index contributed by atoms with van der Waals surface area (Å²) >= 11 is 0. The van der Waals surface area contributed by atoms with Crippen LogP contribution in [0.1, 0.15) is 24.6 Å². The molecule has 9 nitrogen and oxygen atoms in total. The van der Waals surface area contributed by atoms with E-state index in [4.69, 9.17) is 4.74 Å². The Labute approximate surface area is 134 Å². The van der Waals surface area contributed by atoms with E-state index in [0.29, 0.717) is 39.2 Å². The Morgan fingerprint density at radius 1 is 1.48 bits per heavy atom. The number of rotatable bonds is 6. The van der Waals surface area contributed by atoms with Gasteiger partial charge in [0.1, 0.15) is 5.69 Å². The normalized spacial score (nSPS) is 18.4. The molecule has 0 aromatic carbocycles. The molecule has 0 atom stereocenters. The quantitative estimate of drug-likeness (QED) is 0.720. The molecule has 0 aliphatic carbocycles. The topological polar surface area (TPSA) is 92.6 Å². The van der Waals surface area contributed by atoms with Crippen LogP contribution in [0, 0.1) is 0 Å². The average Bonchev–Trinajstić information content (AvgIpc) is 3.08. The Hall–Kier alpha value is -2.16. The van der Waals surface area contributed by atoms with Crippen LogP contribution in [0.2, 0.25) is 0 Å². The van der Waals surface area contributed by atoms with Crippen molar-refractivity contribution in [3.8, 4) is 0 Å². The van der Waals surface area contributed by atoms with E-state index in [9.17, 15) is 9.59 Å². The van der Waals surface area contributed by atoms with E-state index < -0.39 is 0 Å². The summed E-state index contributed by atoms with van der Waals surface area (Å²) in [6.45, 7) is 3.56. The van der Waals surface area contributed by atoms with Crippen LogP contribution >= 0.6 is 0 Å². The van der Waals surface area contributed by atoms with Crippen LogP contribution in [0.3, 0.4) is 0 Å². The smallest absolute Gasteiger partial charge is 0.317 e. The predicted octanol–water partition coefficient (Wildman–Crippen LogP) is -0.387.